The summed E-state index contributed by atoms with van der Waals surface area (Å²) in [5.41, 5.74) is -1.75. The topological polar surface area (TPSA) is 114 Å². The van der Waals surface area contributed by atoms with Gasteiger partial charge in [-0.2, -0.15) is 13.2 Å². The lowest BCUT2D eigenvalue weighted by Crippen LogP contribution is -2.27. The maximum absolute atomic E-state index is 13.5. The zero-order valence-corrected chi connectivity index (χ0v) is 15.8. The average molecular weight is 435 g/mol. The Hall–Kier alpha value is -4.02. The number of amides is 3. The summed E-state index contributed by atoms with van der Waals surface area (Å²) >= 11 is 0. The van der Waals surface area contributed by atoms with Crippen LogP contribution in [0.5, 0.6) is 0 Å². The number of furan rings is 2. The molecule has 0 unspecified atom stereocenters. The fourth-order valence-electron chi connectivity index (χ4n) is 2.56. The predicted octanol–water partition coefficient (Wildman–Crippen LogP) is 3.90. The molecule has 0 saturated heterocycles. The van der Waals surface area contributed by atoms with Crippen molar-refractivity contribution in [3.63, 3.8) is 0 Å². The normalized spacial score (nSPS) is 11.1. The average Bonchev–Trinajstić information content (AvgIpc) is 3.42. The summed E-state index contributed by atoms with van der Waals surface area (Å²) in [5, 5.41) is 6.88. The fraction of sp³-hybridized carbons (Fsp3) is 0.150. The molecule has 2 heterocycles. The molecular formula is C20H16F3N3O5. The standard InChI is InChI=1S/C20H16F3N3O5/c21-20(22,23)13-11-12(25-19(29)16-4-2-10-31-16)5-6-14(13)26-17(27)7-8-24-18(28)15-3-1-9-30-15/h1-6,9-11H,7-8H2,(H,24,28)(H,25,29)(H,26,27). The number of halogens is 3. The first-order valence-electron chi connectivity index (χ1n) is 8.91. The highest BCUT2D eigenvalue weighted by Gasteiger charge is 2.34. The Morgan fingerprint density at radius 3 is 2.10 bits per heavy atom. The highest BCUT2D eigenvalue weighted by molar-refractivity contribution is 6.02. The quantitative estimate of drug-likeness (QED) is 0.521. The molecule has 3 aromatic rings. The first-order chi connectivity index (χ1) is 14.7. The highest BCUT2D eigenvalue weighted by Crippen LogP contribution is 2.36. The molecule has 3 rings (SSSR count). The van der Waals surface area contributed by atoms with Crippen molar-refractivity contribution < 1.29 is 36.4 Å². The van der Waals surface area contributed by atoms with E-state index in [4.69, 9.17) is 8.83 Å². The zero-order valence-electron chi connectivity index (χ0n) is 15.8. The minimum atomic E-state index is -4.79. The van der Waals surface area contributed by atoms with Gasteiger partial charge in [0.25, 0.3) is 11.8 Å². The van der Waals surface area contributed by atoms with Gasteiger partial charge in [-0.3, -0.25) is 14.4 Å². The monoisotopic (exact) mass is 435 g/mol. The van der Waals surface area contributed by atoms with E-state index in [1.54, 1.807) is 0 Å². The highest BCUT2D eigenvalue weighted by atomic mass is 19.4. The molecule has 0 spiro atoms. The molecule has 8 nitrogen and oxygen atoms in total. The van der Waals surface area contributed by atoms with Gasteiger partial charge in [0.2, 0.25) is 5.91 Å². The Labute approximate surface area is 173 Å². The zero-order chi connectivity index (χ0) is 22.4. The van der Waals surface area contributed by atoms with E-state index in [0.29, 0.717) is 6.07 Å². The van der Waals surface area contributed by atoms with Crippen molar-refractivity contribution in [3.8, 4) is 0 Å². The van der Waals surface area contributed by atoms with E-state index in [1.165, 1.54) is 42.9 Å². The second kappa shape index (κ2) is 9.20. The van der Waals surface area contributed by atoms with E-state index in [0.717, 1.165) is 6.07 Å². The molecule has 0 fully saturated rings. The van der Waals surface area contributed by atoms with Crippen LogP contribution >= 0.6 is 0 Å². The van der Waals surface area contributed by atoms with Gasteiger partial charge < -0.3 is 24.8 Å². The number of nitrogens with one attached hydrogen (secondary N) is 3. The van der Waals surface area contributed by atoms with Crippen molar-refractivity contribution >= 4 is 29.1 Å². The Kier molecular flexibility index (Phi) is 6.43. The molecule has 2 aromatic heterocycles. The number of alkyl halides is 3. The summed E-state index contributed by atoms with van der Waals surface area (Å²) in [6.45, 7) is -0.107. The second-order valence-electron chi connectivity index (χ2n) is 6.22. The van der Waals surface area contributed by atoms with Crippen LogP contribution in [0.15, 0.2) is 63.8 Å². The van der Waals surface area contributed by atoms with E-state index in [1.807, 2.05) is 0 Å². The van der Waals surface area contributed by atoms with Crippen molar-refractivity contribution in [3.05, 3.63) is 72.1 Å². The van der Waals surface area contributed by atoms with E-state index in [2.05, 4.69) is 16.0 Å². The Bertz CT molecular complexity index is 1060. The third kappa shape index (κ3) is 5.75. The maximum atomic E-state index is 13.5. The molecule has 31 heavy (non-hydrogen) atoms. The maximum Gasteiger partial charge on any atom is 0.418 e. The molecule has 0 atom stereocenters. The molecule has 0 bridgehead atoms. The fourth-order valence-corrected chi connectivity index (χ4v) is 2.56. The van der Waals surface area contributed by atoms with Crippen LogP contribution in [0.3, 0.4) is 0 Å². The number of carbonyl (C=O) groups is 3. The summed E-state index contributed by atoms with van der Waals surface area (Å²) in [6, 6.07) is 8.71. The largest absolute Gasteiger partial charge is 0.459 e. The van der Waals surface area contributed by atoms with Gasteiger partial charge in [-0.05, 0) is 42.5 Å². The number of benzene rings is 1. The van der Waals surface area contributed by atoms with Crippen LogP contribution in [0.25, 0.3) is 0 Å². The van der Waals surface area contributed by atoms with Crippen molar-refractivity contribution in [2.24, 2.45) is 0 Å². The van der Waals surface area contributed by atoms with E-state index >= 15 is 0 Å². The Morgan fingerprint density at radius 2 is 1.52 bits per heavy atom. The van der Waals surface area contributed by atoms with Crippen LogP contribution < -0.4 is 16.0 Å². The van der Waals surface area contributed by atoms with Gasteiger partial charge in [-0.25, -0.2) is 0 Å². The van der Waals surface area contributed by atoms with Crippen LogP contribution in [0.2, 0.25) is 0 Å². The van der Waals surface area contributed by atoms with Gasteiger partial charge in [0.05, 0.1) is 23.8 Å². The Morgan fingerprint density at radius 1 is 0.871 bits per heavy atom. The molecule has 0 saturated carbocycles. The molecule has 0 aliphatic rings. The van der Waals surface area contributed by atoms with Crippen molar-refractivity contribution in [2.75, 3.05) is 17.2 Å². The van der Waals surface area contributed by atoms with E-state index in [9.17, 15) is 27.6 Å². The lowest BCUT2D eigenvalue weighted by atomic mass is 10.1. The third-order valence-electron chi connectivity index (χ3n) is 3.98. The van der Waals surface area contributed by atoms with Gasteiger partial charge in [0.15, 0.2) is 11.5 Å². The first-order valence-corrected chi connectivity index (χ1v) is 8.91. The number of carbonyl (C=O) groups excluding carboxylic acids is 3. The summed E-state index contributed by atoms with van der Waals surface area (Å²) in [4.78, 5) is 35.7. The molecule has 11 heteroatoms. The molecule has 0 aliphatic carbocycles. The summed E-state index contributed by atoms with van der Waals surface area (Å²) < 4.78 is 50.1. The van der Waals surface area contributed by atoms with Crippen LogP contribution in [0.4, 0.5) is 24.5 Å². The molecular weight excluding hydrogens is 419 g/mol. The van der Waals surface area contributed by atoms with Crippen LogP contribution in [-0.2, 0) is 11.0 Å². The van der Waals surface area contributed by atoms with Gasteiger partial charge in [0, 0.05) is 18.7 Å². The third-order valence-corrected chi connectivity index (χ3v) is 3.98. The van der Waals surface area contributed by atoms with Gasteiger partial charge >= 0.3 is 6.18 Å². The molecule has 0 aliphatic heterocycles. The lowest BCUT2D eigenvalue weighted by Gasteiger charge is -2.15. The number of rotatable bonds is 7. The van der Waals surface area contributed by atoms with Crippen LogP contribution in [0, 0.1) is 0 Å². The number of hydrogen-bond acceptors (Lipinski definition) is 5. The van der Waals surface area contributed by atoms with Crippen LogP contribution in [0.1, 0.15) is 33.1 Å². The molecule has 1 aromatic carbocycles. The summed E-state index contributed by atoms with van der Waals surface area (Å²) in [6.07, 6.45) is -2.49. The lowest BCUT2D eigenvalue weighted by molar-refractivity contribution is -0.136. The van der Waals surface area contributed by atoms with E-state index < -0.39 is 35.1 Å². The summed E-state index contributed by atoms with van der Waals surface area (Å²) in [7, 11) is 0. The van der Waals surface area contributed by atoms with Crippen molar-refractivity contribution in [1.29, 1.82) is 0 Å². The van der Waals surface area contributed by atoms with Gasteiger partial charge in [-0.1, -0.05) is 0 Å². The minimum absolute atomic E-state index is 0.0481. The predicted molar refractivity (Wildman–Crippen MR) is 102 cm³/mol. The first kappa shape index (κ1) is 21.7. The smallest absolute Gasteiger partial charge is 0.418 e. The minimum Gasteiger partial charge on any atom is -0.459 e. The van der Waals surface area contributed by atoms with Crippen molar-refractivity contribution in [2.45, 2.75) is 12.6 Å². The molecule has 3 amide bonds. The SMILES string of the molecule is O=C(CCNC(=O)c1ccco1)Nc1ccc(NC(=O)c2ccco2)cc1C(F)(F)F. The van der Waals surface area contributed by atoms with Gasteiger partial charge in [0.1, 0.15) is 0 Å². The van der Waals surface area contributed by atoms with Crippen molar-refractivity contribution in [1.82, 2.24) is 5.32 Å². The number of anilines is 2. The summed E-state index contributed by atoms with van der Waals surface area (Å²) in [5.74, 6) is -2.03. The van der Waals surface area contributed by atoms with Gasteiger partial charge in [-0.15, -0.1) is 0 Å². The Balaban J connectivity index is 1.63. The van der Waals surface area contributed by atoms with E-state index in [-0.39, 0.29) is 30.2 Å². The second-order valence-corrected chi connectivity index (χ2v) is 6.22. The molecule has 162 valence electrons. The molecule has 0 radical (unpaired) electrons. The molecule has 3 N–H and O–H groups in total. The number of hydrogen-bond donors (Lipinski definition) is 3. The van der Waals surface area contributed by atoms with Crippen LogP contribution in [-0.4, -0.2) is 24.3 Å².